The van der Waals surface area contributed by atoms with Gasteiger partial charge in [-0.15, -0.1) is 23.4 Å². The van der Waals surface area contributed by atoms with E-state index in [2.05, 4.69) is 30.6 Å². The number of anilines is 1. The van der Waals surface area contributed by atoms with Crippen LogP contribution >= 0.6 is 0 Å². The van der Waals surface area contributed by atoms with Crippen molar-refractivity contribution in [2.45, 2.75) is 53.3 Å². The van der Waals surface area contributed by atoms with Gasteiger partial charge in [-0.3, -0.25) is 9.20 Å². The van der Waals surface area contributed by atoms with Gasteiger partial charge in [-0.1, -0.05) is 20.8 Å². The number of unbranched alkanes of at least 4 members (excludes halogenated alkanes) is 1. The number of rotatable bonds is 8. The van der Waals surface area contributed by atoms with Gasteiger partial charge in [0, 0.05) is 25.6 Å². The smallest absolute Gasteiger partial charge is 0.406 e. The molecule has 174 valence electrons. The summed E-state index contributed by atoms with van der Waals surface area (Å²) in [6.45, 7) is 8.91. The van der Waals surface area contributed by atoms with E-state index in [1.165, 1.54) is 18.2 Å². The number of aromatic nitrogens is 4. The van der Waals surface area contributed by atoms with Crippen molar-refractivity contribution < 1.29 is 22.7 Å². The Morgan fingerprint density at radius 1 is 1.12 bits per heavy atom. The molecule has 0 bridgehead atoms. The lowest BCUT2D eigenvalue weighted by molar-refractivity contribution is -0.274. The summed E-state index contributed by atoms with van der Waals surface area (Å²) in [6.07, 6.45) is -2.79. The molecule has 2 heterocycles. The SMILES string of the molecule is Cc1nnc2c(NCCCCNC(=O)CC(C)(C)C)nc3cc(OC(F)(F)F)ccc3n12. The van der Waals surface area contributed by atoms with Crippen molar-refractivity contribution in [1.82, 2.24) is 24.9 Å². The number of carbonyl (C=O) groups is 1. The number of hydrogen-bond donors (Lipinski definition) is 2. The van der Waals surface area contributed by atoms with Gasteiger partial charge in [0.1, 0.15) is 11.6 Å². The third-order valence-corrected chi connectivity index (χ3v) is 4.60. The van der Waals surface area contributed by atoms with E-state index in [4.69, 9.17) is 0 Å². The molecule has 8 nitrogen and oxygen atoms in total. The fourth-order valence-electron chi connectivity index (χ4n) is 3.30. The van der Waals surface area contributed by atoms with Crippen LogP contribution < -0.4 is 15.4 Å². The van der Waals surface area contributed by atoms with Crippen molar-refractivity contribution in [3.8, 4) is 5.75 Å². The maximum atomic E-state index is 12.6. The summed E-state index contributed by atoms with van der Waals surface area (Å²) in [6, 6.07) is 3.96. The highest BCUT2D eigenvalue weighted by atomic mass is 19.4. The third kappa shape index (κ3) is 6.21. The number of aryl methyl sites for hydroxylation is 1. The van der Waals surface area contributed by atoms with Crippen LogP contribution in [0.15, 0.2) is 18.2 Å². The van der Waals surface area contributed by atoms with Gasteiger partial charge in [-0.05, 0) is 37.3 Å². The minimum atomic E-state index is -4.78. The predicted octanol–water partition coefficient (Wildman–Crippen LogP) is 4.23. The van der Waals surface area contributed by atoms with E-state index in [0.29, 0.717) is 47.8 Å². The molecule has 1 amide bonds. The Balaban J connectivity index is 1.67. The molecule has 0 spiro atoms. The zero-order valence-corrected chi connectivity index (χ0v) is 18.5. The minimum absolute atomic E-state index is 0.0270. The molecule has 0 fully saturated rings. The first-order chi connectivity index (χ1) is 14.9. The normalized spacial score (nSPS) is 12.3. The van der Waals surface area contributed by atoms with Gasteiger partial charge in [-0.25, -0.2) is 4.98 Å². The molecule has 2 aromatic heterocycles. The number of fused-ring (bicyclic) bond motifs is 3. The lowest BCUT2D eigenvalue weighted by Crippen LogP contribution is -2.28. The Kier molecular flexibility index (Phi) is 6.75. The molecule has 0 saturated heterocycles. The predicted molar refractivity (Wildman–Crippen MR) is 115 cm³/mol. The quantitative estimate of drug-likeness (QED) is 0.497. The van der Waals surface area contributed by atoms with E-state index in [1.807, 2.05) is 20.8 Å². The monoisotopic (exact) mass is 452 g/mol. The first kappa shape index (κ1) is 23.6. The molecule has 0 atom stereocenters. The van der Waals surface area contributed by atoms with Crippen molar-refractivity contribution in [2.24, 2.45) is 5.41 Å². The van der Waals surface area contributed by atoms with Gasteiger partial charge in [0.15, 0.2) is 5.82 Å². The second kappa shape index (κ2) is 9.17. The number of carbonyl (C=O) groups excluding carboxylic acids is 1. The van der Waals surface area contributed by atoms with Crippen LogP contribution in [0.25, 0.3) is 16.7 Å². The molecule has 32 heavy (non-hydrogen) atoms. The Labute approximate surface area is 183 Å². The van der Waals surface area contributed by atoms with Gasteiger partial charge in [-0.2, -0.15) is 0 Å². The summed E-state index contributed by atoms with van der Waals surface area (Å²) in [4.78, 5) is 16.3. The second-order valence-electron chi connectivity index (χ2n) is 8.79. The molecule has 1 aromatic carbocycles. The molecule has 11 heteroatoms. The van der Waals surface area contributed by atoms with E-state index < -0.39 is 6.36 Å². The molecule has 0 aliphatic rings. The van der Waals surface area contributed by atoms with E-state index in [1.54, 1.807) is 11.3 Å². The maximum Gasteiger partial charge on any atom is 0.573 e. The van der Waals surface area contributed by atoms with Crippen molar-refractivity contribution in [2.75, 3.05) is 18.4 Å². The van der Waals surface area contributed by atoms with E-state index >= 15 is 0 Å². The molecule has 0 aliphatic carbocycles. The number of halogens is 3. The molecule has 3 aromatic rings. The van der Waals surface area contributed by atoms with Gasteiger partial charge < -0.3 is 15.4 Å². The molecule has 2 N–H and O–H groups in total. The topological polar surface area (TPSA) is 93.4 Å². The summed E-state index contributed by atoms with van der Waals surface area (Å²) in [5.74, 6) is 0.680. The first-order valence-electron chi connectivity index (χ1n) is 10.3. The van der Waals surface area contributed by atoms with Gasteiger partial charge in [0.2, 0.25) is 11.6 Å². The highest BCUT2D eigenvalue weighted by Gasteiger charge is 2.31. The van der Waals surface area contributed by atoms with Crippen LogP contribution in [-0.4, -0.2) is 44.9 Å². The number of nitrogens with zero attached hydrogens (tertiary/aromatic N) is 4. The summed E-state index contributed by atoms with van der Waals surface area (Å²) >= 11 is 0. The molecule has 3 rings (SSSR count). The van der Waals surface area contributed by atoms with Gasteiger partial charge >= 0.3 is 6.36 Å². The zero-order valence-electron chi connectivity index (χ0n) is 18.5. The maximum absolute atomic E-state index is 12.6. The Morgan fingerprint density at radius 3 is 2.53 bits per heavy atom. The van der Waals surface area contributed by atoms with Crippen LogP contribution in [0.4, 0.5) is 19.0 Å². The summed E-state index contributed by atoms with van der Waals surface area (Å²) in [5, 5.41) is 14.3. The number of hydrogen-bond acceptors (Lipinski definition) is 6. The second-order valence-corrected chi connectivity index (χ2v) is 8.79. The number of amides is 1. The van der Waals surface area contributed by atoms with Crippen LogP contribution in [0.1, 0.15) is 45.9 Å². The fourth-order valence-corrected chi connectivity index (χ4v) is 3.30. The Bertz CT molecular complexity index is 1100. The number of nitrogens with one attached hydrogen (secondary N) is 2. The van der Waals surface area contributed by atoms with Crippen molar-refractivity contribution >= 4 is 28.4 Å². The zero-order chi connectivity index (χ0) is 23.5. The number of alkyl halides is 3. The Hall–Kier alpha value is -3.11. The summed E-state index contributed by atoms with van der Waals surface area (Å²) in [7, 11) is 0. The van der Waals surface area contributed by atoms with Crippen LogP contribution in [0.2, 0.25) is 0 Å². The number of benzene rings is 1. The van der Waals surface area contributed by atoms with Crippen LogP contribution in [0.5, 0.6) is 5.75 Å². The van der Waals surface area contributed by atoms with Crippen molar-refractivity contribution in [1.29, 1.82) is 0 Å². The van der Waals surface area contributed by atoms with Crippen LogP contribution in [0, 0.1) is 12.3 Å². The third-order valence-electron chi connectivity index (χ3n) is 4.60. The van der Waals surface area contributed by atoms with E-state index in [9.17, 15) is 18.0 Å². The van der Waals surface area contributed by atoms with Gasteiger partial charge in [0.05, 0.1) is 11.0 Å². The standard InChI is InChI=1S/C21H27F3N6O2/c1-13-28-29-19-18(26-10-6-5-9-25-17(31)12-20(2,3)4)27-15-11-14(32-21(22,23)24)7-8-16(15)30(13)19/h7-8,11H,5-6,9-10,12H2,1-4H3,(H,25,31)(H,26,27). The van der Waals surface area contributed by atoms with Crippen LogP contribution in [-0.2, 0) is 4.79 Å². The molecule has 0 radical (unpaired) electrons. The molecule has 0 unspecified atom stereocenters. The van der Waals surface area contributed by atoms with Crippen molar-refractivity contribution in [3.63, 3.8) is 0 Å². The van der Waals surface area contributed by atoms with E-state index in [0.717, 1.165) is 12.8 Å². The van der Waals surface area contributed by atoms with Gasteiger partial charge in [0.25, 0.3) is 0 Å². The fraction of sp³-hybridized carbons (Fsp3) is 0.524. The lowest BCUT2D eigenvalue weighted by Gasteiger charge is -2.17. The van der Waals surface area contributed by atoms with E-state index in [-0.39, 0.29) is 17.1 Å². The van der Waals surface area contributed by atoms with Crippen molar-refractivity contribution in [3.05, 3.63) is 24.0 Å². The minimum Gasteiger partial charge on any atom is -0.406 e. The summed E-state index contributed by atoms with van der Waals surface area (Å²) < 4.78 is 43.5. The highest BCUT2D eigenvalue weighted by Crippen LogP contribution is 2.28. The average molecular weight is 452 g/mol. The molecule has 0 saturated carbocycles. The Morgan fingerprint density at radius 2 is 1.84 bits per heavy atom. The molecular formula is C21H27F3N6O2. The van der Waals surface area contributed by atoms with Crippen LogP contribution in [0.3, 0.4) is 0 Å². The largest absolute Gasteiger partial charge is 0.573 e. The number of ether oxygens (including phenoxy) is 1. The lowest BCUT2D eigenvalue weighted by atomic mass is 9.92. The first-order valence-corrected chi connectivity index (χ1v) is 10.3. The average Bonchev–Trinajstić information content (AvgIpc) is 3.03. The molecule has 0 aliphatic heterocycles. The summed E-state index contributed by atoms with van der Waals surface area (Å²) in [5.41, 5.74) is 1.32. The molecular weight excluding hydrogens is 425 g/mol. The highest BCUT2D eigenvalue weighted by molar-refractivity contribution is 5.84.